The number of hydrogen-bond acceptors (Lipinski definition) is 5. The van der Waals surface area contributed by atoms with Gasteiger partial charge in [-0.05, 0) is 35.6 Å². The Morgan fingerprint density at radius 2 is 1.81 bits per heavy atom. The summed E-state index contributed by atoms with van der Waals surface area (Å²) in [5.41, 5.74) is 2.89. The number of thioether (sulfide) groups is 1. The number of nitrogens with zero attached hydrogens (tertiary/aromatic N) is 1. The SMILES string of the molecule is CCc1ccc(/C=C2\SC(=S)N([C@H](Cc3ccccc3)C(=O)[O-])C2=O)cc1. The molecule has 0 N–H and O–H groups in total. The highest BCUT2D eigenvalue weighted by Crippen LogP contribution is 2.34. The molecule has 1 heterocycles. The zero-order chi connectivity index (χ0) is 19.4. The lowest BCUT2D eigenvalue weighted by Gasteiger charge is -2.27. The second kappa shape index (κ2) is 8.50. The number of aliphatic carboxylic acids is 1. The molecule has 0 saturated carbocycles. The molecule has 0 bridgehead atoms. The van der Waals surface area contributed by atoms with Crippen molar-refractivity contribution in [2.45, 2.75) is 25.8 Å². The molecule has 1 atom stereocenters. The molecule has 0 radical (unpaired) electrons. The van der Waals surface area contributed by atoms with Crippen molar-refractivity contribution in [2.75, 3.05) is 0 Å². The van der Waals surface area contributed by atoms with Gasteiger partial charge in [0.25, 0.3) is 5.91 Å². The Morgan fingerprint density at radius 3 is 2.41 bits per heavy atom. The lowest BCUT2D eigenvalue weighted by atomic mass is 10.0. The summed E-state index contributed by atoms with van der Waals surface area (Å²) in [6.45, 7) is 2.08. The van der Waals surface area contributed by atoms with Crippen LogP contribution in [0.25, 0.3) is 6.08 Å². The van der Waals surface area contributed by atoms with E-state index in [2.05, 4.69) is 6.92 Å². The molecule has 138 valence electrons. The van der Waals surface area contributed by atoms with Crippen LogP contribution in [-0.4, -0.2) is 27.1 Å². The van der Waals surface area contributed by atoms with Crippen LogP contribution in [0.4, 0.5) is 0 Å². The minimum Gasteiger partial charge on any atom is -0.548 e. The van der Waals surface area contributed by atoms with Crippen molar-refractivity contribution in [3.63, 3.8) is 0 Å². The van der Waals surface area contributed by atoms with Gasteiger partial charge in [-0.15, -0.1) is 0 Å². The minimum absolute atomic E-state index is 0.147. The maximum Gasteiger partial charge on any atom is 0.266 e. The van der Waals surface area contributed by atoms with Gasteiger partial charge in [-0.2, -0.15) is 0 Å². The van der Waals surface area contributed by atoms with Crippen LogP contribution in [0.1, 0.15) is 23.6 Å². The lowest BCUT2D eigenvalue weighted by molar-refractivity contribution is -0.310. The third-order valence-electron chi connectivity index (χ3n) is 4.36. The molecule has 1 aliphatic rings. The number of aryl methyl sites for hydroxylation is 1. The van der Waals surface area contributed by atoms with E-state index >= 15 is 0 Å². The second-order valence-electron chi connectivity index (χ2n) is 6.17. The molecule has 0 spiro atoms. The molecule has 4 nitrogen and oxygen atoms in total. The van der Waals surface area contributed by atoms with Crippen molar-refractivity contribution < 1.29 is 14.7 Å². The van der Waals surface area contributed by atoms with E-state index in [1.807, 2.05) is 54.6 Å². The molecule has 6 heteroatoms. The van der Waals surface area contributed by atoms with Crippen LogP contribution in [0.15, 0.2) is 59.5 Å². The van der Waals surface area contributed by atoms with E-state index in [9.17, 15) is 14.7 Å². The van der Waals surface area contributed by atoms with Gasteiger partial charge in [0.15, 0.2) is 0 Å². The molecule has 1 amide bonds. The van der Waals surface area contributed by atoms with Crippen molar-refractivity contribution in [3.8, 4) is 0 Å². The van der Waals surface area contributed by atoms with Gasteiger partial charge in [-0.25, -0.2) is 0 Å². The van der Waals surface area contributed by atoms with Crippen LogP contribution in [-0.2, 0) is 22.4 Å². The fourth-order valence-corrected chi connectivity index (χ4v) is 4.22. The standard InChI is InChI=1S/C21H19NO3S2/c1-2-14-8-10-16(11-9-14)13-18-19(23)22(21(26)27-18)17(20(24)25)12-15-6-4-3-5-7-15/h3-11,13,17H,2,12H2,1H3,(H,24,25)/p-1/b18-13-/t17-/m1/s1. The molecule has 0 unspecified atom stereocenters. The quantitative estimate of drug-likeness (QED) is 0.555. The maximum atomic E-state index is 12.8. The zero-order valence-electron chi connectivity index (χ0n) is 14.8. The number of carbonyl (C=O) groups is 2. The Labute approximate surface area is 167 Å². The van der Waals surface area contributed by atoms with Gasteiger partial charge in [0, 0.05) is 0 Å². The molecule has 27 heavy (non-hydrogen) atoms. The van der Waals surface area contributed by atoms with Crippen molar-refractivity contribution in [3.05, 3.63) is 76.2 Å². The van der Waals surface area contributed by atoms with E-state index in [1.54, 1.807) is 6.08 Å². The van der Waals surface area contributed by atoms with E-state index in [1.165, 1.54) is 5.56 Å². The third-order valence-corrected chi connectivity index (χ3v) is 5.70. The van der Waals surface area contributed by atoms with Crippen molar-refractivity contribution in [1.29, 1.82) is 0 Å². The Kier molecular flexibility index (Phi) is 6.08. The Hall–Kier alpha value is -2.44. The molecular formula is C21H18NO3S2-. The third kappa shape index (κ3) is 4.46. The van der Waals surface area contributed by atoms with Crippen LogP contribution in [0.2, 0.25) is 0 Å². The van der Waals surface area contributed by atoms with E-state index in [-0.39, 0.29) is 10.7 Å². The Balaban J connectivity index is 1.84. The molecule has 2 aromatic rings. The van der Waals surface area contributed by atoms with Gasteiger partial charge in [-0.3, -0.25) is 9.69 Å². The number of carboxylic acid groups (broad SMARTS) is 1. The first-order valence-electron chi connectivity index (χ1n) is 8.60. The monoisotopic (exact) mass is 396 g/mol. The van der Waals surface area contributed by atoms with Crippen LogP contribution in [0, 0.1) is 0 Å². The van der Waals surface area contributed by atoms with Crippen molar-refractivity contribution in [2.24, 2.45) is 0 Å². The summed E-state index contributed by atoms with van der Waals surface area (Å²) < 4.78 is 0.238. The fourth-order valence-electron chi connectivity index (χ4n) is 2.87. The Bertz CT molecular complexity index is 891. The molecule has 3 rings (SSSR count). The first kappa shape index (κ1) is 19.3. The first-order valence-corrected chi connectivity index (χ1v) is 9.83. The normalized spacial score (nSPS) is 16.8. The van der Waals surface area contributed by atoms with Gasteiger partial charge in [0.05, 0.1) is 16.9 Å². The molecule has 1 saturated heterocycles. The number of hydrogen-bond donors (Lipinski definition) is 0. The van der Waals surface area contributed by atoms with Crippen molar-refractivity contribution in [1.82, 2.24) is 4.90 Å². The highest BCUT2D eigenvalue weighted by atomic mass is 32.2. The minimum atomic E-state index is -1.32. The van der Waals surface area contributed by atoms with Gasteiger partial charge >= 0.3 is 0 Å². The zero-order valence-corrected chi connectivity index (χ0v) is 16.4. The van der Waals surface area contributed by atoms with E-state index in [0.29, 0.717) is 4.91 Å². The van der Waals surface area contributed by atoms with Gasteiger partial charge in [0.2, 0.25) is 0 Å². The molecule has 2 aromatic carbocycles. The van der Waals surface area contributed by atoms with Crippen LogP contribution < -0.4 is 5.11 Å². The van der Waals surface area contributed by atoms with Crippen molar-refractivity contribution >= 4 is 46.3 Å². The highest BCUT2D eigenvalue weighted by molar-refractivity contribution is 8.26. The number of amides is 1. The summed E-state index contributed by atoms with van der Waals surface area (Å²) >= 11 is 6.42. The lowest BCUT2D eigenvalue weighted by Crippen LogP contribution is -2.51. The smallest absolute Gasteiger partial charge is 0.266 e. The molecule has 1 aliphatic heterocycles. The average Bonchev–Trinajstić information content (AvgIpc) is 2.94. The number of carboxylic acids is 1. The average molecular weight is 397 g/mol. The van der Waals surface area contributed by atoms with Gasteiger partial charge in [-0.1, -0.05) is 85.5 Å². The number of rotatable bonds is 6. The maximum absolute atomic E-state index is 12.8. The van der Waals surface area contributed by atoms with Crippen LogP contribution in [0.5, 0.6) is 0 Å². The number of benzene rings is 2. The fraction of sp³-hybridized carbons (Fsp3) is 0.190. The molecule has 0 aliphatic carbocycles. The topological polar surface area (TPSA) is 60.4 Å². The van der Waals surface area contributed by atoms with Gasteiger partial charge < -0.3 is 9.90 Å². The summed E-state index contributed by atoms with van der Waals surface area (Å²) in [6.07, 6.45) is 2.83. The Morgan fingerprint density at radius 1 is 1.15 bits per heavy atom. The molecule has 0 aromatic heterocycles. The van der Waals surface area contributed by atoms with Crippen LogP contribution >= 0.6 is 24.0 Å². The van der Waals surface area contributed by atoms with E-state index in [0.717, 1.165) is 34.2 Å². The summed E-state index contributed by atoms with van der Waals surface area (Å²) in [6, 6.07) is 15.9. The predicted octanol–water partition coefficient (Wildman–Crippen LogP) is 2.81. The summed E-state index contributed by atoms with van der Waals surface area (Å²) in [4.78, 5) is 26.1. The summed E-state index contributed by atoms with van der Waals surface area (Å²) in [5, 5.41) is 11.7. The van der Waals surface area contributed by atoms with E-state index in [4.69, 9.17) is 12.2 Å². The second-order valence-corrected chi connectivity index (χ2v) is 7.85. The molecular weight excluding hydrogens is 378 g/mol. The predicted molar refractivity (Wildman–Crippen MR) is 110 cm³/mol. The largest absolute Gasteiger partial charge is 0.548 e. The number of thiocarbonyl (C=S) groups is 1. The molecule has 1 fully saturated rings. The highest BCUT2D eigenvalue weighted by Gasteiger charge is 2.37. The van der Waals surface area contributed by atoms with Gasteiger partial charge in [0.1, 0.15) is 4.32 Å². The van der Waals surface area contributed by atoms with E-state index < -0.39 is 17.9 Å². The summed E-state index contributed by atoms with van der Waals surface area (Å²) in [7, 11) is 0. The first-order chi connectivity index (χ1) is 13.0. The van der Waals surface area contributed by atoms with Crippen LogP contribution in [0.3, 0.4) is 0 Å². The number of carbonyl (C=O) groups excluding carboxylic acids is 2. The summed E-state index contributed by atoms with van der Waals surface area (Å²) in [5.74, 6) is -1.71.